The molecule has 1 saturated heterocycles. The molecule has 1 aromatic heterocycles. The van der Waals surface area contributed by atoms with Crippen LogP contribution in [0.1, 0.15) is 54.6 Å². The second-order valence-electron chi connectivity index (χ2n) is 8.42. The molecule has 1 N–H and O–H groups in total. The predicted octanol–water partition coefficient (Wildman–Crippen LogP) is 1.41. The number of rotatable bonds is 3. The smallest absolute Gasteiger partial charge is 0.257 e. The fraction of sp³-hybridized carbons (Fsp3) is 0.684. The van der Waals surface area contributed by atoms with Gasteiger partial charge in [0, 0.05) is 50.3 Å². The first kappa shape index (κ1) is 16.0. The summed E-state index contributed by atoms with van der Waals surface area (Å²) in [6, 6.07) is 0.476. The van der Waals surface area contributed by atoms with Crippen LogP contribution in [-0.2, 0) is 10.2 Å². The van der Waals surface area contributed by atoms with Gasteiger partial charge in [0.15, 0.2) is 0 Å². The minimum absolute atomic E-state index is 0.0000772. The van der Waals surface area contributed by atoms with Crippen molar-refractivity contribution in [1.82, 2.24) is 19.8 Å². The van der Waals surface area contributed by atoms with Crippen molar-refractivity contribution in [3.63, 3.8) is 0 Å². The third kappa shape index (κ3) is 2.64. The zero-order valence-corrected chi connectivity index (χ0v) is 15.2. The average Bonchev–Trinajstić information content (AvgIpc) is 3.54. The van der Waals surface area contributed by atoms with Crippen LogP contribution >= 0.6 is 0 Å². The van der Waals surface area contributed by atoms with E-state index >= 15 is 0 Å². The van der Waals surface area contributed by atoms with Gasteiger partial charge in [-0.25, -0.2) is 9.97 Å². The number of hydrogen-bond donors (Lipinski definition) is 1. The largest absolute Gasteiger partial charge is 0.351 e. The van der Waals surface area contributed by atoms with Gasteiger partial charge in [-0.05, 0) is 38.5 Å². The molecule has 1 aromatic rings. The Kier molecular flexibility index (Phi) is 3.49. The summed E-state index contributed by atoms with van der Waals surface area (Å²) in [5, 5.41) is 3.35. The Bertz CT molecular complexity index is 763. The SMILES string of the molecule is CN1CC2(CCN(C(=O)C3CC3)CC2)c2nc(NC3CC3)ncc2C1=O. The number of hydrogen-bond acceptors (Lipinski definition) is 5. The number of likely N-dealkylation sites (N-methyl/N-ethyl adjacent to an activating group) is 1. The van der Waals surface area contributed by atoms with Gasteiger partial charge < -0.3 is 15.1 Å². The number of nitrogens with one attached hydrogen (secondary N) is 1. The molecule has 5 rings (SSSR count). The minimum atomic E-state index is -0.165. The van der Waals surface area contributed by atoms with Crippen molar-refractivity contribution >= 4 is 17.8 Å². The summed E-state index contributed by atoms with van der Waals surface area (Å²) in [6.07, 6.45) is 7.81. The van der Waals surface area contributed by atoms with E-state index in [1.54, 1.807) is 11.1 Å². The molecule has 7 heteroatoms. The van der Waals surface area contributed by atoms with E-state index in [9.17, 15) is 9.59 Å². The molecule has 3 fully saturated rings. The lowest BCUT2D eigenvalue weighted by Gasteiger charge is -2.46. The minimum Gasteiger partial charge on any atom is -0.351 e. The monoisotopic (exact) mass is 355 g/mol. The summed E-state index contributed by atoms with van der Waals surface area (Å²) >= 11 is 0. The highest BCUT2D eigenvalue weighted by Gasteiger charge is 2.47. The molecule has 138 valence electrons. The van der Waals surface area contributed by atoms with Crippen molar-refractivity contribution in [2.45, 2.75) is 50.0 Å². The van der Waals surface area contributed by atoms with Gasteiger partial charge in [-0.15, -0.1) is 0 Å². The van der Waals surface area contributed by atoms with E-state index in [1.807, 2.05) is 11.9 Å². The third-order valence-electron chi connectivity index (χ3n) is 6.28. The topological polar surface area (TPSA) is 78.4 Å². The Balaban J connectivity index is 1.44. The van der Waals surface area contributed by atoms with Gasteiger partial charge in [0.2, 0.25) is 11.9 Å². The first-order valence-corrected chi connectivity index (χ1v) is 9.74. The van der Waals surface area contributed by atoms with Gasteiger partial charge in [-0.3, -0.25) is 9.59 Å². The summed E-state index contributed by atoms with van der Waals surface area (Å²) in [4.78, 5) is 38.0. The molecule has 7 nitrogen and oxygen atoms in total. The van der Waals surface area contributed by atoms with Crippen LogP contribution in [0.5, 0.6) is 0 Å². The van der Waals surface area contributed by atoms with Gasteiger partial charge in [0.1, 0.15) is 0 Å². The number of fused-ring (bicyclic) bond motifs is 2. The number of aromatic nitrogens is 2. The quantitative estimate of drug-likeness (QED) is 0.887. The highest BCUT2D eigenvalue weighted by Crippen LogP contribution is 2.42. The van der Waals surface area contributed by atoms with Crippen LogP contribution in [0.4, 0.5) is 5.95 Å². The van der Waals surface area contributed by atoms with Crippen LogP contribution in [0.3, 0.4) is 0 Å². The van der Waals surface area contributed by atoms with Crippen molar-refractivity contribution in [3.05, 3.63) is 17.5 Å². The Morgan fingerprint density at radius 2 is 1.96 bits per heavy atom. The van der Waals surface area contributed by atoms with E-state index in [1.165, 1.54) is 0 Å². The van der Waals surface area contributed by atoms with E-state index in [0.717, 1.165) is 57.3 Å². The summed E-state index contributed by atoms with van der Waals surface area (Å²) in [7, 11) is 1.85. The summed E-state index contributed by atoms with van der Waals surface area (Å²) in [6.45, 7) is 2.18. The number of nitrogens with zero attached hydrogens (tertiary/aromatic N) is 4. The van der Waals surface area contributed by atoms with E-state index in [0.29, 0.717) is 30.0 Å². The molecule has 0 bridgehead atoms. The van der Waals surface area contributed by atoms with Crippen LogP contribution in [0, 0.1) is 5.92 Å². The lowest BCUT2D eigenvalue weighted by atomic mass is 9.71. The number of amides is 2. The van der Waals surface area contributed by atoms with Crippen molar-refractivity contribution in [3.8, 4) is 0 Å². The predicted molar refractivity (Wildman–Crippen MR) is 95.9 cm³/mol. The first-order valence-electron chi connectivity index (χ1n) is 9.74. The number of carbonyl (C=O) groups is 2. The van der Waals surface area contributed by atoms with E-state index in [4.69, 9.17) is 4.98 Å². The normalized spacial score (nSPS) is 24.6. The molecule has 0 atom stereocenters. The molecular weight excluding hydrogens is 330 g/mol. The Hall–Kier alpha value is -2.18. The maximum absolute atomic E-state index is 12.6. The molecule has 26 heavy (non-hydrogen) atoms. The Morgan fingerprint density at radius 3 is 2.62 bits per heavy atom. The number of carbonyl (C=O) groups excluding carboxylic acids is 2. The number of likely N-dealkylation sites (tertiary alicyclic amines) is 1. The van der Waals surface area contributed by atoms with Gasteiger partial charge >= 0.3 is 0 Å². The van der Waals surface area contributed by atoms with Gasteiger partial charge in [-0.1, -0.05) is 0 Å². The Morgan fingerprint density at radius 1 is 1.23 bits per heavy atom. The first-order chi connectivity index (χ1) is 12.6. The fourth-order valence-corrected chi connectivity index (χ4v) is 4.37. The molecule has 2 aliphatic heterocycles. The van der Waals surface area contributed by atoms with Crippen LogP contribution < -0.4 is 5.32 Å². The molecule has 0 unspecified atom stereocenters. The van der Waals surface area contributed by atoms with Gasteiger partial charge in [-0.2, -0.15) is 0 Å². The van der Waals surface area contributed by atoms with Crippen LogP contribution in [-0.4, -0.2) is 64.3 Å². The van der Waals surface area contributed by atoms with Gasteiger partial charge in [0.05, 0.1) is 11.3 Å². The number of piperidine rings is 1. The van der Waals surface area contributed by atoms with E-state index in [2.05, 4.69) is 10.3 Å². The summed E-state index contributed by atoms with van der Waals surface area (Å²) in [5.74, 6) is 1.22. The molecule has 0 aromatic carbocycles. The van der Waals surface area contributed by atoms with Crippen LogP contribution in [0.2, 0.25) is 0 Å². The molecule has 4 aliphatic rings. The molecule has 3 heterocycles. The maximum atomic E-state index is 12.6. The molecule has 0 radical (unpaired) electrons. The number of anilines is 1. The van der Waals surface area contributed by atoms with Crippen molar-refractivity contribution < 1.29 is 9.59 Å². The lowest BCUT2D eigenvalue weighted by molar-refractivity contribution is -0.134. The highest BCUT2D eigenvalue weighted by molar-refractivity contribution is 5.96. The van der Waals surface area contributed by atoms with Gasteiger partial charge in [0.25, 0.3) is 5.91 Å². The second kappa shape index (κ2) is 5.66. The summed E-state index contributed by atoms with van der Waals surface area (Å²) < 4.78 is 0. The van der Waals surface area contributed by atoms with Crippen molar-refractivity contribution in [1.29, 1.82) is 0 Å². The zero-order valence-electron chi connectivity index (χ0n) is 15.2. The second-order valence-corrected chi connectivity index (χ2v) is 8.42. The van der Waals surface area contributed by atoms with Crippen molar-refractivity contribution in [2.24, 2.45) is 5.92 Å². The summed E-state index contributed by atoms with van der Waals surface area (Å²) in [5.41, 5.74) is 1.35. The zero-order chi connectivity index (χ0) is 17.9. The van der Waals surface area contributed by atoms with Crippen LogP contribution in [0.15, 0.2) is 6.20 Å². The molecule has 2 amide bonds. The lowest BCUT2D eigenvalue weighted by Crippen LogP contribution is -2.54. The van der Waals surface area contributed by atoms with E-state index < -0.39 is 0 Å². The average molecular weight is 355 g/mol. The Labute approximate surface area is 153 Å². The van der Waals surface area contributed by atoms with E-state index in [-0.39, 0.29) is 17.2 Å². The molecule has 2 aliphatic carbocycles. The fourth-order valence-electron chi connectivity index (χ4n) is 4.37. The molecule has 1 spiro atoms. The molecule has 2 saturated carbocycles. The van der Waals surface area contributed by atoms with Crippen LogP contribution in [0.25, 0.3) is 0 Å². The standard InChI is InChI=1S/C19H25N5O2/c1-23-11-19(6-8-24(9-7-19)16(25)12-2-3-12)15-14(17(23)26)10-20-18(22-15)21-13-4-5-13/h10,12-13H,2-9,11H2,1H3,(H,20,21,22). The molecular formula is C19H25N5O2. The maximum Gasteiger partial charge on any atom is 0.257 e. The van der Waals surface area contributed by atoms with Crippen molar-refractivity contribution in [2.75, 3.05) is 32.0 Å². The highest BCUT2D eigenvalue weighted by atomic mass is 16.2. The third-order valence-corrected chi connectivity index (χ3v) is 6.28.